The van der Waals surface area contributed by atoms with Gasteiger partial charge in [0.15, 0.2) is 11.6 Å². The monoisotopic (exact) mass is 740 g/mol. The number of benzene rings is 9. The van der Waals surface area contributed by atoms with Crippen LogP contribution in [0.3, 0.4) is 0 Å². The lowest BCUT2D eigenvalue weighted by Crippen LogP contribution is -2.07. The molecule has 0 saturated heterocycles. The van der Waals surface area contributed by atoms with Crippen molar-refractivity contribution in [2.45, 2.75) is 0 Å². The molecule has 0 amide bonds. The maximum absolute atomic E-state index is 6.37. The van der Waals surface area contributed by atoms with Gasteiger partial charge < -0.3 is 4.42 Å². The smallest absolute Gasteiger partial charge is 0.238 e. The van der Waals surface area contributed by atoms with Gasteiger partial charge >= 0.3 is 0 Å². The summed E-state index contributed by atoms with van der Waals surface area (Å²) in [5.74, 6) is 1.71. The number of rotatable bonds is 5. The second kappa shape index (κ2) is 12.8. The molecule has 3 aromatic heterocycles. The predicted molar refractivity (Wildman–Crippen MR) is 238 cm³/mol. The predicted octanol–water partition coefficient (Wildman–Crippen LogP) is 13.8. The first-order valence-corrected chi connectivity index (χ1v) is 19.5. The van der Waals surface area contributed by atoms with Gasteiger partial charge in [-0.15, -0.1) is 0 Å². The Morgan fingerprint density at radius 2 is 0.914 bits per heavy atom. The zero-order valence-electron chi connectivity index (χ0n) is 31.2. The number of hydrogen-bond acceptors (Lipinski definition) is 4. The van der Waals surface area contributed by atoms with Crippen LogP contribution >= 0.6 is 0 Å². The molecule has 0 aliphatic carbocycles. The van der Waals surface area contributed by atoms with Crippen LogP contribution in [0.25, 0.3) is 116 Å². The highest BCUT2D eigenvalue weighted by Crippen LogP contribution is 2.40. The van der Waals surface area contributed by atoms with E-state index in [1.165, 1.54) is 16.3 Å². The van der Waals surface area contributed by atoms with Gasteiger partial charge in [0.1, 0.15) is 11.2 Å². The maximum atomic E-state index is 6.37. The number of hydrogen-bond donors (Lipinski definition) is 0. The standard InChI is InChI=1S/C53H32N4O/c1-2-14-33(15-3-1)35-30-31-42-41-19-6-8-27-46(41)57(47(42)32-35)53-55-51(54-52(56-53)45-26-13-29-49-50(45)44-20-7-9-28-48(44)58-49)43-25-12-23-39-38(22-11-24-40(39)43)37-21-10-17-34-16-4-5-18-36(34)37/h1-32H. The Kier molecular flexibility index (Phi) is 7.16. The van der Waals surface area contributed by atoms with Crippen molar-refractivity contribution in [2.75, 3.05) is 0 Å². The first kappa shape index (κ1) is 32.4. The van der Waals surface area contributed by atoms with Crippen LogP contribution < -0.4 is 0 Å². The lowest BCUT2D eigenvalue weighted by molar-refractivity contribution is 0.669. The Bertz CT molecular complexity index is 3580. The molecule has 0 unspecified atom stereocenters. The van der Waals surface area contributed by atoms with E-state index < -0.39 is 0 Å². The number of aromatic nitrogens is 4. The molecule has 0 bridgehead atoms. The third-order valence-corrected chi connectivity index (χ3v) is 11.5. The normalized spacial score (nSPS) is 11.8. The fourth-order valence-corrected chi connectivity index (χ4v) is 8.86. The van der Waals surface area contributed by atoms with Crippen molar-refractivity contribution in [3.05, 3.63) is 194 Å². The second-order valence-corrected chi connectivity index (χ2v) is 14.7. The maximum Gasteiger partial charge on any atom is 0.238 e. The molecular weight excluding hydrogens is 709 g/mol. The number of furan rings is 1. The van der Waals surface area contributed by atoms with Crippen molar-refractivity contribution in [3.8, 4) is 51.0 Å². The van der Waals surface area contributed by atoms with E-state index in [-0.39, 0.29) is 0 Å². The van der Waals surface area contributed by atoms with E-state index in [0.717, 1.165) is 82.3 Å². The van der Waals surface area contributed by atoms with Crippen LogP contribution in [0.5, 0.6) is 0 Å². The zero-order valence-corrected chi connectivity index (χ0v) is 31.2. The van der Waals surface area contributed by atoms with Crippen LogP contribution in [0.4, 0.5) is 0 Å². The van der Waals surface area contributed by atoms with Gasteiger partial charge in [-0.2, -0.15) is 9.97 Å². The summed E-state index contributed by atoms with van der Waals surface area (Å²) in [4.78, 5) is 16.2. The quantitative estimate of drug-likeness (QED) is 0.176. The highest BCUT2D eigenvalue weighted by molar-refractivity contribution is 6.13. The van der Waals surface area contributed by atoms with Crippen molar-refractivity contribution in [2.24, 2.45) is 0 Å². The largest absolute Gasteiger partial charge is 0.456 e. The molecule has 5 heteroatoms. The van der Waals surface area contributed by atoms with Crippen LogP contribution in [0.1, 0.15) is 0 Å². The fourth-order valence-electron chi connectivity index (χ4n) is 8.86. The Morgan fingerprint density at radius 3 is 1.78 bits per heavy atom. The average Bonchev–Trinajstić information content (AvgIpc) is 3.84. The summed E-state index contributed by atoms with van der Waals surface area (Å²) in [6, 6.07) is 68.1. The molecule has 0 fully saturated rings. The van der Waals surface area contributed by atoms with E-state index in [2.05, 4.69) is 168 Å². The lowest BCUT2D eigenvalue weighted by Gasteiger charge is -2.14. The summed E-state index contributed by atoms with van der Waals surface area (Å²) < 4.78 is 8.57. The SMILES string of the molecule is c1ccc(-c2ccc3c4ccccc4n(-c4nc(-c5cccc6c(-c7cccc8ccccc78)cccc56)nc(-c5cccc6oc7ccccc7c56)n4)c3c2)cc1. The van der Waals surface area contributed by atoms with Gasteiger partial charge in [-0.3, -0.25) is 4.57 Å². The summed E-state index contributed by atoms with van der Waals surface area (Å²) in [7, 11) is 0. The summed E-state index contributed by atoms with van der Waals surface area (Å²) in [6.45, 7) is 0. The Hall–Kier alpha value is -7.89. The van der Waals surface area contributed by atoms with Crippen LogP contribution in [-0.2, 0) is 0 Å². The average molecular weight is 741 g/mol. The molecule has 0 spiro atoms. The summed E-state index contributed by atoms with van der Waals surface area (Å²) >= 11 is 0. The lowest BCUT2D eigenvalue weighted by atomic mass is 9.92. The van der Waals surface area contributed by atoms with Crippen molar-refractivity contribution in [1.29, 1.82) is 0 Å². The van der Waals surface area contributed by atoms with Crippen LogP contribution in [0.15, 0.2) is 199 Å². The van der Waals surface area contributed by atoms with Crippen molar-refractivity contribution >= 4 is 65.3 Å². The molecule has 58 heavy (non-hydrogen) atoms. The van der Waals surface area contributed by atoms with E-state index in [1.54, 1.807) is 0 Å². The topological polar surface area (TPSA) is 56.7 Å². The molecule has 0 N–H and O–H groups in total. The van der Waals surface area contributed by atoms with Gasteiger partial charge in [0.2, 0.25) is 5.95 Å². The number of nitrogens with zero attached hydrogens (tertiary/aromatic N) is 4. The zero-order chi connectivity index (χ0) is 38.2. The molecule has 12 aromatic rings. The van der Waals surface area contributed by atoms with Gasteiger partial charge in [-0.05, 0) is 68.1 Å². The molecule has 0 aliphatic heterocycles. The minimum atomic E-state index is 0.545. The Morgan fingerprint density at radius 1 is 0.345 bits per heavy atom. The van der Waals surface area contributed by atoms with E-state index >= 15 is 0 Å². The highest BCUT2D eigenvalue weighted by Gasteiger charge is 2.22. The molecule has 3 heterocycles. The molecular formula is C53H32N4O. The highest BCUT2D eigenvalue weighted by atomic mass is 16.3. The van der Waals surface area contributed by atoms with Crippen molar-refractivity contribution in [1.82, 2.24) is 19.5 Å². The summed E-state index contributed by atoms with van der Waals surface area (Å²) in [6.07, 6.45) is 0. The van der Waals surface area contributed by atoms with E-state index in [1.807, 2.05) is 30.3 Å². The van der Waals surface area contributed by atoms with Crippen molar-refractivity contribution in [3.63, 3.8) is 0 Å². The van der Waals surface area contributed by atoms with Gasteiger partial charge in [-0.1, -0.05) is 170 Å². The number of para-hydroxylation sites is 2. The van der Waals surface area contributed by atoms with E-state index in [0.29, 0.717) is 17.6 Å². The van der Waals surface area contributed by atoms with E-state index in [9.17, 15) is 0 Å². The first-order valence-electron chi connectivity index (χ1n) is 19.5. The molecule has 5 nitrogen and oxygen atoms in total. The molecule has 0 radical (unpaired) electrons. The summed E-state index contributed by atoms with van der Waals surface area (Å²) in [5, 5.41) is 8.89. The first-order chi connectivity index (χ1) is 28.8. The van der Waals surface area contributed by atoms with Gasteiger partial charge in [0.25, 0.3) is 0 Å². The van der Waals surface area contributed by atoms with Gasteiger partial charge in [0, 0.05) is 32.7 Å². The minimum Gasteiger partial charge on any atom is -0.456 e. The molecule has 12 rings (SSSR count). The third kappa shape index (κ3) is 5.00. The van der Waals surface area contributed by atoms with Crippen molar-refractivity contribution < 1.29 is 4.42 Å². The van der Waals surface area contributed by atoms with Crippen LogP contribution in [-0.4, -0.2) is 19.5 Å². The molecule has 9 aromatic carbocycles. The second-order valence-electron chi connectivity index (χ2n) is 14.7. The van der Waals surface area contributed by atoms with Gasteiger partial charge in [-0.25, -0.2) is 4.98 Å². The van der Waals surface area contributed by atoms with E-state index in [4.69, 9.17) is 19.4 Å². The third-order valence-electron chi connectivity index (χ3n) is 11.5. The summed E-state index contributed by atoms with van der Waals surface area (Å²) in [5.41, 5.74) is 10.1. The number of fused-ring (bicyclic) bond motifs is 8. The Balaban J connectivity index is 1.16. The Labute approximate surface area is 333 Å². The van der Waals surface area contributed by atoms with Crippen LogP contribution in [0.2, 0.25) is 0 Å². The minimum absolute atomic E-state index is 0.545. The molecule has 0 aliphatic rings. The molecule has 270 valence electrons. The fraction of sp³-hybridized carbons (Fsp3) is 0. The molecule has 0 atom stereocenters. The van der Waals surface area contributed by atoms with Gasteiger partial charge in [0.05, 0.1) is 11.0 Å². The van der Waals surface area contributed by atoms with Crippen LogP contribution in [0, 0.1) is 0 Å². The molecule has 0 saturated carbocycles.